The number of carbonyl (C=O) groups excluding carboxylic acids is 1. The van der Waals surface area contributed by atoms with Crippen molar-refractivity contribution in [2.45, 2.75) is 19.4 Å². The molecule has 0 saturated carbocycles. The van der Waals surface area contributed by atoms with Gasteiger partial charge in [0.1, 0.15) is 5.82 Å². The zero-order valence-electron chi connectivity index (χ0n) is 13.2. The number of hydrogen-bond acceptors (Lipinski definition) is 6. The van der Waals surface area contributed by atoms with Crippen molar-refractivity contribution in [2.75, 3.05) is 24.5 Å². The smallest absolute Gasteiger partial charge is 0.340 e. The summed E-state index contributed by atoms with van der Waals surface area (Å²) in [7, 11) is 0. The molecule has 3 rings (SSSR count). The number of urea groups is 1. The number of carbonyl (C=O) groups is 1. The number of rotatable bonds is 5. The van der Waals surface area contributed by atoms with Crippen molar-refractivity contribution in [2.24, 2.45) is 5.92 Å². The van der Waals surface area contributed by atoms with E-state index < -0.39 is 5.69 Å². The first-order valence-corrected chi connectivity index (χ1v) is 7.88. The van der Waals surface area contributed by atoms with Crippen molar-refractivity contribution in [1.82, 2.24) is 35.8 Å². The summed E-state index contributed by atoms with van der Waals surface area (Å²) >= 11 is 0. The highest BCUT2D eigenvalue weighted by Crippen LogP contribution is 2.19. The summed E-state index contributed by atoms with van der Waals surface area (Å²) in [6.45, 7) is 2.49. The van der Waals surface area contributed by atoms with Crippen LogP contribution in [0.1, 0.15) is 18.7 Å². The van der Waals surface area contributed by atoms with Gasteiger partial charge in [0.2, 0.25) is 5.95 Å². The SMILES string of the molecule is O=C(NCc1n[nH]c(=O)[nH]1)NC[C@H]1CCCN(c2ncccn2)C1. The average Bonchev–Trinajstić information content (AvgIpc) is 3.04. The first kappa shape index (κ1) is 16.0. The van der Waals surface area contributed by atoms with Crippen LogP contribution in [0.15, 0.2) is 23.3 Å². The molecule has 128 valence electrons. The first-order chi connectivity index (χ1) is 11.7. The molecule has 2 aromatic rings. The topological polar surface area (TPSA) is 132 Å². The summed E-state index contributed by atoms with van der Waals surface area (Å²) < 4.78 is 0. The standard InChI is InChI=1S/C14H20N8O2/c23-13(18-8-11-19-14(24)21-20-11)17-7-10-3-1-6-22(9-10)12-15-4-2-5-16-12/h2,4-5,10H,1,3,6-9H2,(H2,17,18,23)(H2,19,20,21,24)/t10-/m1/s1. The maximum Gasteiger partial charge on any atom is 0.340 e. The molecule has 0 aliphatic carbocycles. The average molecular weight is 332 g/mol. The van der Waals surface area contributed by atoms with E-state index in [1.54, 1.807) is 18.5 Å². The summed E-state index contributed by atoms with van der Waals surface area (Å²) in [6.07, 6.45) is 5.56. The summed E-state index contributed by atoms with van der Waals surface area (Å²) in [5.41, 5.74) is -0.391. The summed E-state index contributed by atoms with van der Waals surface area (Å²) in [5.74, 6) is 1.47. The molecule has 2 amide bonds. The van der Waals surface area contributed by atoms with Crippen LogP contribution >= 0.6 is 0 Å². The Morgan fingerprint density at radius 2 is 2.17 bits per heavy atom. The van der Waals surface area contributed by atoms with Crippen LogP contribution in [0.2, 0.25) is 0 Å². The van der Waals surface area contributed by atoms with Gasteiger partial charge in [0, 0.05) is 32.0 Å². The predicted molar refractivity (Wildman–Crippen MR) is 86.4 cm³/mol. The lowest BCUT2D eigenvalue weighted by Gasteiger charge is -2.32. The molecule has 0 bridgehead atoms. The lowest BCUT2D eigenvalue weighted by molar-refractivity contribution is 0.237. The fourth-order valence-electron chi connectivity index (χ4n) is 2.72. The van der Waals surface area contributed by atoms with Gasteiger partial charge in [0.25, 0.3) is 0 Å². The molecule has 10 nitrogen and oxygen atoms in total. The number of aromatic amines is 2. The highest BCUT2D eigenvalue weighted by molar-refractivity contribution is 5.73. The van der Waals surface area contributed by atoms with Gasteiger partial charge >= 0.3 is 11.7 Å². The number of amides is 2. The Hall–Kier alpha value is -2.91. The van der Waals surface area contributed by atoms with E-state index in [1.807, 2.05) is 0 Å². The molecule has 10 heteroatoms. The van der Waals surface area contributed by atoms with E-state index in [-0.39, 0.29) is 12.6 Å². The Bertz CT molecular complexity index is 713. The highest BCUT2D eigenvalue weighted by Gasteiger charge is 2.21. The monoisotopic (exact) mass is 332 g/mol. The van der Waals surface area contributed by atoms with Gasteiger partial charge in [-0.1, -0.05) is 0 Å². The maximum absolute atomic E-state index is 11.8. The van der Waals surface area contributed by atoms with Crippen molar-refractivity contribution in [1.29, 1.82) is 0 Å². The molecule has 4 N–H and O–H groups in total. The molecule has 0 radical (unpaired) electrons. The highest BCUT2D eigenvalue weighted by atomic mass is 16.2. The number of nitrogens with one attached hydrogen (secondary N) is 4. The number of anilines is 1. The van der Waals surface area contributed by atoms with Crippen LogP contribution in [0, 0.1) is 5.92 Å². The molecule has 0 aromatic carbocycles. The molecule has 0 unspecified atom stereocenters. The molecule has 24 heavy (non-hydrogen) atoms. The Labute approximate surface area is 138 Å². The van der Waals surface area contributed by atoms with Crippen molar-refractivity contribution in [3.63, 3.8) is 0 Å². The van der Waals surface area contributed by atoms with Crippen molar-refractivity contribution in [3.8, 4) is 0 Å². The van der Waals surface area contributed by atoms with Crippen LogP contribution in [-0.2, 0) is 6.54 Å². The Morgan fingerprint density at radius 3 is 2.92 bits per heavy atom. The third kappa shape index (κ3) is 4.31. The molecule has 1 aliphatic heterocycles. The van der Waals surface area contributed by atoms with Gasteiger partial charge in [-0.2, -0.15) is 5.10 Å². The minimum atomic E-state index is -0.391. The maximum atomic E-state index is 11.8. The van der Waals surface area contributed by atoms with Crippen LogP contribution in [0.3, 0.4) is 0 Å². The Morgan fingerprint density at radius 1 is 1.33 bits per heavy atom. The first-order valence-electron chi connectivity index (χ1n) is 7.88. The second kappa shape index (κ2) is 7.57. The molecule has 1 saturated heterocycles. The van der Waals surface area contributed by atoms with E-state index in [9.17, 15) is 9.59 Å². The van der Waals surface area contributed by atoms with Crippen molar-refractivity contribution in [3.05, 3.63) is 34.8 Å². The fourth-order valence-corrected chi connectivity index (χ4v) is 2.72. The lowest BCUT2D eigenvalue weighted by Crippen LogP contribution is -2.44. The van der Waals surface area contributed by atoms with E-state index in [2.05, 4.69) is 40.7 Å². The summed E-state index contributed by atoms with van der Waals surface area (Å²) in [6, 6.07) is 1.51. The van der Waals surface area contributed by atoms with Crippen LogP contribution in [0.5, 0.6) is 0 Å². The molecular weight excluding hydrogens is 312 g/mol. The minimum absolute atomic E-state index is 0.166. The predicted octanol–water partition coefficient (Wildman–Crippen LogP) is -0.396. The van der Waals surface area contributed by atoms with Gasteiger partial charge in [-0.25, -0.2) is 24.7 Å². The van der Waals surface area contributed by atoms with E-state index in [0.717, 1.165) is 31.9 Å². The van der Waals surface area contributed by atoms with Gasteiger partial charge < -0.3 is 15.5 Å². The zero-order chi connectivity index (χ0) is 16.8. The third-order valence-electron chi connectivity index (χ3n) is 3.87. The van der Waals surface area contributed by atoms with Crippen molar-refractivity contribution >= 4 is 12.0 Å². The van der Waals surface area contributed by atoms with Crippen LogP contribution in [0.25, 0.3) is 0 Å². The van der Waals surface area contributed by atoms with E-state index >= 15 is 0 Å². The second-order valence-corrected chi connectivity index (χ2v) is 5.69. The molecular formula is C14H20N8O2. The lowest BCUT2D eigenvalue weighted by atomic mass is 9.98. The summed E-state index contributed by atoms with van der Waals surface area (Å²) in [5, 5.41) is 11.5. The number of piperidine rings is 1. The van der Waals surface area contributed by atoms with E-state index in [0.29, 0.717) is 18.3 Å². The van der Waals surface area contributed by atoms with Gasteiger partial charge in [-0.3, -0.25) is 4.98 Å². The Kier molecular flexibility index (Phi) is 5.04. The Balaban J connectivity index is 1.42. The third-order valence-corrected chi connectivity index (χ3v) is 3.87. The molecule has 0 spiro atoms. The minimum Gasteiger partial charge on any atom is -0.340 e. The van der Waals surface area contributed by atoms with Crippen LogP contribution < -0.4 is 21.2 Å². The fraction of sp³-hybridized carbons (Fsp3) is 0.500. The molecule has 1 atom stereocenters. The molecule has 1 fully saturated rings. The van der Waals surface area contributed by atoms with E-state index in [4.69, 9.17) is 0 Å². The molecule has 2 aromatic heterocycles. The van der Waals surface area contributed by atoms with Gasteiger partial charge in [0.15, 0.2) is 0 Å². The second-order valence-electron chi connectivity index (χ2n) is 5.69. The van der Waals surface area contributed by atoms with Crippen molar-refractivity contribution < 1.29 is 4.79 Å². The normalized spacial score (nSPS) is 17.5. The number of H-pyrrole nitrogens is 2. The number of hydrogen-bond donors (Lipinski definition) is 4. The van der Waals surface area contributed by atoms with Gasteiger partial charge in [-0.05, 0) is 24.8 Å². The number of aromatic nitrogens is 5. The molecule has 1 aliphatic rings. The van der Waals surface area contributed by atoms with Crippen LogP contribution in [0.4, 0.5) is 10.7 Å². The van der Waals surface area contributed by atoms with Crippen LogP contribution in [-0.4, -0.2) is 50.8 Å². The largest absolute Gasteiger partial charge is 0.340 e. The zero-order valence-corrected chi connectivity index (χ0v) is 13.2. The van der Waals surface area contributed by atoms with Gasteiger partial charge in [-0.15, -0.1) is 0 Å². The quantitative estimate of drug-likeness (QED) is 0.589. The van der Waals surface area contributed by atoms with Gasteiger partial charge in [0.05, 0.1) is 6.54 Å². The molecule has 3 heterocycles. The van der Waals surface area contributed by atoms with E-state index in [1.165, 1.54) is 0 Å². The summed E-state index contributed by atoms with van der Waals surface area (Å²) in [4.78, 5) is 35.9. The number of nitrogens with zero attached hydrogens (tertiary/aromatic N) is 4.